The van der Waals surface area contributed by atoms with Crippen LogP contribution in [-0.4, -0.2) is 31.1 Å². The Hall–Kier alpha value is -1.64. The van der Waals surface area contributed by atoms with Crippen LogP contribution >= 0.6 is 0 Å². The summed E-state index contributed by atoms with van der Waals surface area (Å²) in [6.45, 7) is 7.03. The fraction of sp³-hybridized carbons (Fsp3) is 0.455. The highest BCUT2D eigenvalue weighted by atomic mass is 15.2. The topological polar surface area (TPSA) is 15.3 Å². The lowest BCUT2D eigenvalue weighted by molar-refractivity contribution is 0.125. The molecule has 1 atom stereocenters. The Kier molecular flexibility index (Phi) is 4.43. The molecule has 0 radical (unpaired) electrons. The smallest absolute Gasteiger partial charge is 0.0461 e. The maximum atomic E-state index is 3.87. The third-order valence-corrected chi connectivity index (χ3v) is 6.00. The molecule has 0 saturated carbocycles. The maximum Gasteiger partial charge on any atom is 0.0461 e. The molecule has 1 fully saturated rings. The minimum atomic E-state index is 0.224. The lowest BCUT2D eigenvalue weighted by Gasteiger charge is -2.46. The van der Waals surface area contributed by atoms with Crippen LogP contribution in [0.3, 0.4) is 0 Å². The molecule has 24 heavy (non-hydrogen) atoms. The number of benzene rings is 2. The first kappa shape index (κ1) is 15.9. The Morgan fingerprint density at radius 2 is 1.71 bits per heavy atom. The molecule has 1 saturated heterocycles. The van der Waals surface area contributed by atoms with Gasteiger partial charge in [0.15, 0.2) is 0 Å². The Morgan fingerprint density at radius 3 is 2.50 bits per heavy atom. The molecule has 0 bridgehead atoms. The summed E-state index contributed by atoms with van der Waals surface area (Å²) in [4.78, 5) is 2.65. The van der Waals surface area contributed by atoms with E-state index in [1.165, 1.54) is 44.5 Å². The van der Waals surface area contributed by atoms with E-state index in [0.29, 0.717) is 5.92 Å². The van der Waals surface area contributed by atoms with Gasteiger partial charge < -0.3 is 10.2 Å². The third kappa shape index (κ3) is 3.01. The second kappa shape index (κ2) is 6.70. The van der Waals surface area contributed by atoms with E-state index in [9.17, 15) is 0 Å². The van der Waals surface area contributed by atoms with Crippen molar-refractivity contribution in [1.29, 1.82) is 0 Å². The molecular formula is C22H28N2. The summed E-state index contributed by atoms with van der Waals surface area (Å²) in [6.07, 6.45) is 3.63. The van der Waals surface area contributed by atoms with E-state index in [1.807, 2.05) is 0 Å². The van der Waals surface area contributed by atoms with Gasteiger partial charge in [0.1, 0.15) is 0 Å². The summed E-state index contributed by atoms with van der Waals surface area (Å²) in [5, 5.41) is 3.87. The lowest BCUT2D eigenvalue weighted by Crippen LogP contribution is -2.54. The van der Waals surface area contributed by atoms with Crippen molar-refractivity contribution in [2.75, 3.05) is 26.2 Å². The Morgan fingerprint density at radius 1 is 1.00 bits per heavy atom. The molecule has 2 heteroatoms. The average molecular weight is 320 g/mol. The van der Waals surface area contributed by atoms with Crippen LogP contribution in [0.15, 0.2) is 54.6 Å². The highest BCUT2D eigenvalue weighted by Crippen LogP contribution is 2.37. The SMILES string of the molecule is CC(CN1CCC2(CC1)NCCc1ccccc12)c1ccccc1. The van der Waals surface area contributed by atoms with Crippen molar-refractivity contribution in [1.82, 2.24) is 10.2 Å². The van der Waals surface area contributed by atoms with Gasteiger partial charge in [-0.2, -0.15) is 0 Å². The van der Waals surface area contributed by atoms with Crippen LogP contribution in [0, 0.1) is 0 Å². The minimum absolute atomic E-state index is 0.224. The zero-order valence-corrected chi connectivity index (χ0v) is 14.7. The van der Waals surface area contributed by atoms with Gasteiger partial charge >= 0.3 is 0 Å². The monoisotopic (exact) mass is 320 g/mol. The number of piperidine rings is 1. The van der Waals surface area contributed by atoms with Crippen molar-refractivity contribution < 1.29 is 0 Å². The molecule has 0 amide bonds. The first-order chi connectivity index (χ1) is 11.8. The van der Waals surface area contributed by atoms with Crippen molar-refractivity contribution in [2.24, 2.45) is 0 Å². The van der Waals surface area contributed by atoms with Crippen LogP contribution < -0.4 is 5.32 Å². The van der Waals surface area contributed by atoms with Gasteiger partial charge in [-0.1, -0.05) is 61.5 Å². The summed E-state index contributed by atoms with van der Waals surface area (Å²) in [5.74, 6) is 0.604. The van der Waals surface area contributed by atoms with E-state index in [2.05, 4.69) is 71.7 Å². The van der Waals surface area contributed by atoms with Crippen molar-refractivity contribution in [3.8, 4) is 0 Å². The van der Waals surface area contributed by atoms with Gasteiger partial charge in [-0.3, -0.25) is 0 Å². The fourth-order valence-electron chi connectivity index (χ4n) is 4.57. The predicted molar refractivity (Wildman–Crippen MR) is 100 cm³/mol. The number of rotatable bonds is 3. The average Bonchev–Trinajstić information content (AvgIpc) is 2.65. The van der Waals surface area contributed by atoms with Crippen molar-refractivity contribution in [3.05, 3.63) is 71.3 Å². The third-order valence-electron chi connectivity index (χ3n) is 6.00. The molecule has 1 N–H and O–H groups in total. The number of hydrogen-bond acceptors (Lipinski definition) is 2. The van der Waals surface area contributed by atoms with E-state index >= 15 is 0 Å². The van der Waals surface area contributed by atoms with Gasteiger partial charge in [0.05, 0.1) is 0 Å². The number of nitrogens with one attached hydrogen (secondary N) is 1. The van der Waals surface area contributed by atoms with Crippen molar-refractivity contribution in [2.45, 2.75) is 37.6 Å². The van der Waals surface area contributed by atoms with Crippen molar-refractivity contribution in [3.63, 3.8) is 0 Å². The first-order valence-corrected chi connectivity index (χ1v) is 9.38. The van der Waals surface area contributed by atoms with Gasteiger partial charge in [-0.15, -0.1) is 0 Å². The second-order valence-corrected chi connectivity index (χ2v) is 7.53. The number of fused-ring (bicyclic) bond motifs is 2. The molecule has 2 aromatic rings. The highest BCUT2D eigenvalue weighted by molar-refractivity contribution is 5.37. The lowest BCUT2D eigenvalue weighted by atomic mass is 9.76. The van der Waals surface area contributed by atoms with Crippen LogP contribution in [0.25, 0.3) is 0 Å². The van der Waals surface area contributed by atoms with Crippen LogP contribution in [0.4, 0.5) is 0 Å². The largest absolute Gasteiger partial charge is 0.307 e. The van der Waals surface area contributed by atoms with E-state index in [4.69, 9.17) is 0 Å². The standard InChI is InChI=1S/C22H28N2/c1-18(19-7-3-2-4-8-19)17-24-15-12-22(13-16-24)21-10-6-5-9-20(21)11-14-23-22/h2-10,18,23H,11-17H2,1H3. The summed E-state index contributed by atoms with van der Waals surface area (Å²) < 4.78 is 0. The molecule has 2 aromatic carbocycles. The molecule has 0 aromatic heterocycles. The zero-order valence-electron chi connectivity index (χ0n) is 14.7. The molecule has 1 spiro atoms. The first-order valence-electron chi connectivity index (χ1n) is 9.38. The molecule has 2 aliphatic heterocycles. The Balaban J connectivity index is 1.43. The highest BCUT2D eigenvalue weighted by Gasteiger charge is 2.39. The summed E-state index contributed by atoms with van der Waals surface area (Å²) in [7, 11) is 0. The van der Waals surface area contributed by atoms with E-state index in [1.54, 1.807) is 11.1 Å². The van der Waals surface area contributed by atoms with Gasteiger partial charge in [0, 0.05) is 31.7 Å². The molecule has 2 heterocycles. The second-order valence-electron chi connectivity index (χ2n) is 7.53. The fourth-order valence-corrected chi connectivity index (χ4v) is 4.57. The molecule has 1 unspecified atom stereocenters. The van der Waals surface area contributed by atoms with E-state index in [0.717, 1.165) is 6.54 Å². The predicted octanol–water partition coefficient (Wildman–Crippen LogP) is 3.93. The summed E-state index contributed by atoms with van der Waals surface area (Å²) >= 11 is 0. The van der Waals surface area contributed by atoms with Crippen LogP contribution in [0.1, 0.15) is 42.4 Å². The van der Waals surface area contributed by atoms with Gasteiger partial charge in [-0.25, -0.2) is 0 Å². The zero-order chi connectivity index (χ0) is 16.4. The molecule has 2 aliphatic rings. The molecule has 126 valence electrons. The summed E-state index contributed by atoms with van der Waals surface area (Å²) in [5.41, 5.74) is 4.80. The number of hydrogen-bond donors (Lipinski definition) is 1. The maximum absolute atomic E-state index is 3.87. The van der Waals surface area contributed by atoms with Gasteiger partial charge in [0.25, 0.3) is 0 Å². The minimum Gasteiger partial charge on any atom is -0.307 e. The Labute approximate surface area is 145 Å². The van der Waals surface area contributed by atoms with Crippen molar-refractivity contribution >= 4 is 0 Å². The van der Waals surface area contributed by atoms with Crippen LogP contribution in [0.5, 0.6) is 0 Å². The summed E-state index contributed by atoms with van der Waals surface area (Å²) in [6, 6.07) is 20.0. The quantitative estimate of drug-likeness (QED) is 0.922. The van der Waals surface area contributed by atoms with Crippen LogP contribution in [-0.2, 0) is 12.0 Å². The molecular weight excluding hydrogens is 292 g/mol. The molecule has 2 nitrogen and oxygen atoms in total. The van der Waals surface area contributed by atoms with Crippen LogP contribution in [0.2, 0.25) is 0 Å². The normalized spacial score (nSPS) is 21.4. The Bertz CT molecular complexity index is 671. The number of likely N-dealkylation sites (tertiary alicyclic amines) is 1. The van der Waals surface area contributed by atoms with Gasteiger partial charge in [-0.05, 0) is 41.9 Å². The van der Waals surface area contributed by atoms with E-state index in [-0.39, 0.29) is 5.54 Å². The van der Waals surface area contributed by atoms with Gasteiger partial charge in [0.2, 0.25) is 0 Å². The van der Waals surface area contributed by atoms with E-state index < -0.39 is 0 Å². The molecule has 4 rings (SSSR count). The molecule has 0 aliphatic carbocycles. The number of nitrogens with zero attached hydrogens (tertiary/aromatic N) is 1.